The molecule has 0 atom stereocenters. The Labute approximate surface area is 132 Å². The monoisotopic (exact) mass is 346 g/mol. The minimum atomic E-state index is -0.246. The molecule has 0 saturated carbocycles. The van der Waals surface area contributed by atoms with Gasteiger partial charge in [-0.3, -0.25) is 4.79 Å². The smallest absolute Gasteiger partial charge is 0.271 e. The van der Waals surface area contributed by atoms with Gasteiger partial charge in [-0.15, -0.1) is 0 Å². The second-order valence-corrected chi connectivity index (χ2v) is 5.29. The molecule has 0 fully saturated rings. The van der Waals surface area contributed by atoms with Crippen molar-refractivity contribution >= 4 is 27.5 Å². The van der Waals surface area contributed by atoms with Crippen molar-refractivity contribution in [3.8, 4) is 5.75 Å². The molecular weight excluding hydrogens is 332 g/mol. The Kier molecular flexibility index (Phi) is 5.11. The molecule has 0 bridgehead atoms. The molecular formula is C16H15BrN2O2. The third-order valence-electron chi connectivity index (χ3n) is 2.92. The second-order valence-electron chi connectivity index (χ2n) is 4.38. The predicted octanol–water partition coefficient (Wildman–Crippen LogP) is 3.61. The minimum Gasteiger partial charge on any atom is -0.497 e. The number of hydrazone groups is 1. The molecule has 0 aromatic heterocycles. The number of nitrogens with zero attached hydrogens (tertiary/aromatic N) is 1. The summed E-state index contributed by atoms with van der Waals surface area (Å²) in [5.41, 5.74) is 4.75. The first-order chi connectivity index (χ1) is 10.1. The van der Waals surface area contributed by atoms with Gasteiger partial charge in [0.15, 0.2) is 0 Å². The van der Waals surface area contributed by atoms with Crippen LogP contribution < -0.4 is 10.2 Å². The van der Waals surface area contributed by atoms with E-state index in [4.69, 9.17) is 4.74 Å². The van der Waals surface area contributed by atoms with Gasteiger partial charge in [-0.25, -0.2) is 5.43 Å². The highest BCUT2D eigenvalue weighted by molar-refractivity contribution is 9.10. The number of methoxy groups -OCH3 is 1. The molecule has 0 saturated heterocycles. The molecule has 21 heavy (non-hydrogen) atoms. The molecule has 4 nitrogen and oxygen atoms in total. The molecule has 0 aliphatic rings. The van der Waals surface area contributed by atoms with Crippen molar-refractivity contribution in [3.63, 3.8) is 0 Å². The maximum atomic E-state index is 12.0. The van der Waals surface area contributed by atoms with Crippen molar-refractivity contribution in [3.05, 3.63) is 64.1 Å². The summed E-state index contributed by atoms with van der Waals surface area (Å²) in [6.45, 7) is 1.84. The number of nitrogens with one attached hydrogen (secondary N) is 1. The fourth-order valence-corrected chi connectivity index (χ4v) is 2.12. The van der Waals surface area contributed by atoms with Gasteiger partial charge in [0.05, 0.1) is 12.8 Å². The van der Waals surface area contributed by atoms with Crippen LogP contribution in [0.2, 0.25) is 0 Å². The Balaban J connectivity index is 2.07. The van der Waals surface area contributed by atoms with Crippen LogP contribution in [0.15, 0.2) is 58.1 Å². The largest absolute Gasteiger partial charge is 0.497 e. The van der Waals surface area contributed by atoms with Gasteiger partial charge >= 0.3 is 0 Å². The molecule has 0 radical (unpaired) electrons. The van der Waals surface area contributed by atoms with Crippen LogP contribution in [0.5, 0.6) is 5.75 Å². The van der Waals surface area contributed by atoms with Crippen molar-refractivity contribution in [1.29, 1.82) is 0 Å². The molecule has 5 heteroatoms. The third-order valence-corrected chi connectivity index (χ3v) is 3.41. The van der Waals surface area contributed by atoms with Crippen molar-refractivity contribution in [1.82, 2.24) is 5.43 Å². The molecule has 0 spiro atoms. The number of halogens is 1. The van der Waals surface area contributed by atoms with Crippen LogP contribution in [0.3, 0.4) is 0 Å². The van der Waals surface area contributed by atoms with Gasteiger partial charge in [0.1, 0.15) is 5.75 Å². The Bertz CT molecular complexity index is 666. The van der Waals surface area contributed by atoms with Gasteiger partial charge in [-0.1, -0.05) is 22.0 Å². The molecule has 0 heterocycles. The van der Waals surface area contributed by atoms with E-state index in [1.165, 1.54) is 0 Å². The lowest BCUT2D eigenvalue weighted by Crippen LogP contribution is -2.19. The zero-order valence-corrected chi connectivity index (χ0v) is 13.3. The van der Waals surface area contributed by atoms with E-state index < -0.39 is 0 Å². The third kappa shape index (κ3) is 4.16. The van der Waals surface area contributed by atoms with Crippen molar-refractivity contribution in [2.45, 2.75) is 6.92 Å². The summed E-state index contributed by atoms with van der Waals surface area (Å²) >= 11 is 3.33. The SMILES string of the molecule is COc1ccc(C(C)=NNC(=O)c2cccc(Br)c2)cc1. The summed E-state index contributed by atoms with van der Waals surface area (Å²) in [6, 6.07) is 14.6. The second kappa shape index (κ2) is 7.04. The standard InChI is InChI=1S/C16H15BrN2O2/c1-11(12-6-8-15(21-2)9-7-12)18-19-16(20)13-4-3-5-14(17)10-13/h3-10H,1-2H3,(H,19,20). The summed E-state index contributed by atoms with van der Waals surface area (Å²) in [5.74, 6) is 0.536. The summed E-state index contributed by atoms with van der Waals surface area (Å²) < 4.78 is 5.95. The zero-order valence-electron chi connectivity index (χ0n) is 11.8. The van der Waals surface area contributed by atoms with Crippen LogP contribution in [0, 0.1) is 0 Å². The van der Waals surface area contributed by atoms with Gasteiger partial charge < -0.3 is 4.74 Å². The van der Waals surface area contributed by atoms with Gasteiger partial charge in [-0.2, -0.15) is 5.10 Å². The van der Waals surface area contributed by atoms with Gasteiger partial charge in [0.2, 0.25) is 0 Å². The fraction of sp³-hybridized carbons (Fsp3) is 0.125. The number of rotatable bonds is 4. The first-order valence-electron chi connectivity index (χ1n) is 6.35. The highest BCUT2D eigenvalue weighted by Gasteiger charge is 2.05. The molecule has 1 amide bonds. The molecule has 2 aromatic carbocycles. The lowest BCUT2D eigenvalue weighted by molar-refractivity contribution is 0.0955. The average molecular weight is 347 g/mol. The topological polar surface area (TPSA) is 50.7 Å². The summed E-state index contributed by atoms with van der Waals surface area (Å²) in [4.78, 5) is 12.0. The van der Waals surface area contributed by atoms with Crippen LogP contribution in [0.4, 0.5) is 0 Å². The van der Waals surface area contributed by atoms with Crippen molar-refractivity contribution in [2.75, 3.05) is 7.11 Å². The highest BCUT2D eigenvalue weighted by atomic mass is 79.9. The van der Waals surface area contributed by atoms with E-state index in [1.807, 2.05) is 37.3 Å². The molecule has 0 aliphatic carbocycles. The normalized spacial score (nSPS) is 11.1. The maximum Gasteiger partial charge on any atom is 0.271 e. The fourth-order valence-electron chi connectivity index (χ4n) is 1.73. The molecule has 2 rings (SSSR count). The number of carbonyl (C=O) groups excluding carboxylic acids is 1. The van der Waals surface area contributed by atoms with Crippen molar-refractivity contribution in [2.24, 2.45) is 5.10 Å². The summed E-state index contributed by atoms with van der Waals surface area (Å²) in [5, 5.41) is 4.12. The highest BCUT2D eigenvalue weighted by Crippen LogP contribution is 2.13. The zero-order chi connectivity index (χ0) is 15.2. The van der Waals surface area contributed by atoms with E-state index in [0.29, 0.717) is 5.56 Å². The van der Waals surface area contributed by atoms with Crippen LogP contribution in [-0.4, -0.2) is 18.7 Å². The van der Waals surface area contributed by atoms with Crippen LogP contribution >= 0.6 is 15.9 Å². The number of amides is 1. The van der Waals surface area contributed by atoms with E-state index in [9.17, 15) is 4.79 Å². The maximum absolute atomic E-state index is 12.0. The molecule has 1 N–H and O–H groups in total. The Morgan fingerprint density at radius 1 is 1.14 bits per heavy atom. The molecule has 2 aromatic rings. The summed E-state index contributed by atoms with van der Waals surface area (Å²) in [6.07, 6.45) is 0. The Hall–Kier alpha value is -2.14. The molecule has 0 aliphatic heterocycles. The van der Waals surface area contributed by atoms with Crippen LogP contribution in [0.25, 0.3) is 0 Å². The van der Waals surface area contributed by atoms with E-state index in [0.717, 1.165) is 21.5 Å². The molecule has 0 unspecified atom stereocenters. The predicted molar refractivity (Wildman–Crippen MR) is 86.8 cm³/mol. The number of ether oxygens (including phenoxy) is 1. The number of carbonyl (C=O) groups is 1. The van der Waals surface area contributed by atoms with Crippen LogP contribution in [-0.2, 0) is 0 Å². The number of hydrogen-bond donors (Lipinski definition) is 1. The lowest BCUT2D eigenvalue weighted by Gasteiger charge is -2.04. The van der Waals surface area contributed by atoms with Gasteiger partial charge in [-0.05, 0) is 55.0 Å². The Morgan fingerprint density at radius 2 is 1.86 bits per heavy atom. The van der Waals surface area contributed by atoms with Gasteiger partial charge in [0, 0.05) is 10.0 Å². The van der Waals surface area contributed by atoms with E-state index in [-0.39, 0.29) is 5.91 Å². The van der Waals surface area contributed by atoms with Crippen LogP contribution in [0.1, 0.15) is 22.8 Å². The molecule has 108 valence electrons. The minimum absolute atomic E-state index is 0.246. The summed E-state index contributed by atoms with van der Waals surface area (Å²) in [7, 11) is 1.62. The van der Waals surface area contributed by atoms with E-state index in [2.05, 4.69) is 26.5 Å². The number of benzene rings is 2. The van der Waals surface area contributed by atoms with Crippen molar-refractivity contribution < 1.29 is 9.53 Å². The average Bonchev–Trinajstić information content (AvgIpc) is 2.52. The first-order valence-corrected chi connectivity index (χ1v) is 7.14. The Morgan fingerprint density at radius 3 is 2.48 bits per heavy atom. The van der Waals surface area contributed by atoms with E-state index in [1.54, 1.807) is 25.3 Å². The van der Waals surface area contributed by atoms with Gasteiger partial charge in [0.25, 0.3) is 5.91 Å². The van der Waals surface area contributed by atoms with E-state index >= 15 is 0 Å². The first kappa shape index (κ1) is 15.3. The lowest BCUT2D eigenvalue weighted by atomic mass is 10.1. The number of hydrogen-bond acceptors (Lipinski definition) is 3. The quantitative estimate of drug-likeness (QED) is 0.679.